The summed E-state index contributed by atoms with van der Waals surface area (Å²) in [6.07, 6.45) is -4.81. The molecule has 1 aromatic heterocycles. The Balaban J connectivity index is 2.73. The molecule has 0 saturated carbocycles. The number of alkyl halides is 3. The van der Waals surface area contributed by atoms with Gasteiger partial charge in [-0.15, -0.1) is 0 Å². The molecule has 1 amide bonds. The average molecular weight is 328 g/mol. The van der Waals surface area contributed by atoms with Crippen LogP contribution in [0.2, 0.25) is 5.02 Å². The van der Waals surface area contributed by atoms with Crippen molar-refractivity contribution in [2.45, 2.75) is 13.1 Å². The summed E-state index contributed by atoms with van der Waals surface area (Å²) in [5.74, 6) is -0.0372. The number of alkyl carbamates (subject to hydrolysis) is 1. The Labute approximate surface area is 122 Å². The summed E-state index contributed by atoms with van der Waals surface area (Å²) < 4.78 is 41.9. The lowest BCUT2D eigenvalue weighted by Crippen LogP contribution is -2.34. The van der Waals surface area contributed by atoms with Gasteiger partial charge in [-0.3, -0.25) is 5.32 Å². The summed E-state index contributed by atoms with van der Waals surface area (Å²) in [6, 6.07) is 0.948. The largest absolute Gasteiger partial charge is 0.450 e. The van der Waals surface area contributed by atoms with Gasteiger partial charge in [-0.05, 0) is 19.1 Å². The summed E-state index contributed by atoms with van der Waals surface area (Å²) in [4.78, 5) is 14.5. The summed E-state index contributed by atoms with van der Waals surface area (Å²) >= 11 is 10.2. The van der Waals surface area contributed by atoms with Crippen LogP contribution < -0.4 is 10.6 Å². The lowest BCUT2D eigenvalue weighted by atomic mass is 10.3. The van der Waals surface area contributed by atoms with Crippen molar-refractivity contribution in [1.29, 1.82) is 0 Å². The number of ether oxygens (including phenoxy) is 1. The monoisotopic (exact) mass is 327 g/mol. The van der Waals surface area contributed by atoms with Gasteiger partial charge in [0.05, 0.1) is 17.2 Å². The number of hydrogen-bond donors (Lipinski definition) is 2. The number of amides is 1. The molecule has 0 spiro atoms. The molecule has 1 aromatic rings. The Morgan fingerprint density at radius 1 is 1.55 bits per heavy atom. The fourth-order valence-corrected chi connectivity index (χ4v) is 1.56. The van der Waals surface area contributed by atoms with Crippen LogP contribution in [0.3, 0.4) is 0 Å². The van der Waals surface area contributed by atoms with Crippen LogP contribution in [0.1, 0.15) is 12.5 Å². The second kappa shape index (κ2) is 6.71. The zero-order valence-corrected chi connectivity index (χ0v) is 11.6. The lowest BCUT2D eigenvalue weighted by Gasteiger charge is -2.11. The van der Waals surface area contributed by atoms with Crippen LogP contribution in [-0.4, -0.2) is 22.8 Å². The highest BCUT2D eigenvalue weighted by molar-refractivity contribution is 7.80. The number of anilines is 1. The van der Waals surface area contributed by atoms with Gasteiger partial charge in [0.1, 0.15) is 5.82 Å². The van der Waals surface area contributed by atoms with E-state index in [-0.39, 0.29) is 17.5 Å². The number of nitrogens with zero attached hydrogens (tertiary/aromatic N) is 1. The van der Waals surface area contributed by atoms with Crippen molar-refractivity contribution in [3.63, 3.8) is 0 Å². The average Bonchev–Trinajstić information content (AvgIpc) is 2.26. The zero-order valence-electron chi connectivity index (χ0n) is 10.0. The van der Waals surface area contributed by atoms with Gasteiger partial charge < -0.3 is 10.1 Å². The molecule has 1 heterocycles. The third-order valence-electron chi connectivity index (χ3n) is 1.89. The van der Waals surface area contributed by atoms with E-state index in [9.17, 15) is 18.0 Å². The van der Waals surface area contributed by atoms with Gasteiger partial charge in [-0.25, -0.2) is 9.78 Å². The summed E-state index contributed by atoms with van der Waals surface area (Å²) in [7, 11) is 0. The predicted molar refractivity (Wildman–Crippen MR) is 70.6 cm³/mol. The Bertz CT molecular complexity index is 525. The van der Waals surface area contributed by atoms with Crippen LogP contribution in [0.4, 0.5) is 23.8 Å². The van der Waals surface area contributed by atoms with Crippen molar-refractivity contribution in [3.8, 4) is 0 Å². The van der Waals surface area contributed by atoms with Crippen molar-refractivity contribution in [1.82, 2.24) is 10.3 Å². The van der Waals surface area contributed by atoms with E-state index in [1.54, 1.807) is 6.92 Å². The second-order valence-electron chi connectivity index (χ2n) is 3.35. The molecule has 0 aliphatic rings. The van der Waals surface area contributed by atoms with E-state index in [1.807, 2.05) is 0 Å². The molecule has 0 bridgehead atoms. The van der Waals surface area contributed by atoms with E-state index >= 15 is 0 Å². The Hall–Kier alpha value is -1.61. The molecule has 0 aliphatic carbocycles. The number of hydrogen-bond acceptors (Lipinski definition) is 4. The summed E-state index contributed by atoms with van der Waals surface area (Å²) in [5.41, 5.74) is -1.06. The van der Waals surface area contributed by atoms with Gasteiger partial charge in [0, 0.05) is 12.3 Å². The first-order valence-electron chi connectivity index (χ1n) is 5.21. The quantitative estimate of drug-likeness (QED) is 0.817. The maximum Gasteiger partial charge on any atom is 0.419 e. The first-order chi connectivity index (χ1) is 9.24. The predicted octanol–water partition coefficient (Wildman–Crippen LogP) is 3.20. The van der Waals surface area contributed by atoms with Crippen LogP contribution >= 0.6 is 23.8 Å². The minimum Gasteiger partial charge on any atom is -0.450 e. The topological polar surface area (TPSA) is 63.2 Å². The number of thiocarbonyl (C=S) groups is 1. The Morgan fingerprint density at radius 2 is 2.20 bits per heavy atom. The van der Waals surface area contributed by atoms with Gasteiger partial charge in [-0.1, -0.05) is 11.6 Å². The molecule has 2 N–H and O–H groups in total. The molecule has 0 aromatic carbocycles. The smallest absolute Gasteiger partial charge is 0.419 e. The maximum atomic E-state index is 12.5. The van der Waals surface area contributed by atoms with Crippen molar-refractivity contribution >= 4 is 40.8 Å². The zero-order chi connectivity index (χ0) is 15.3. The second-order valence-corrected chi connectivity index (χ2v) is 4.16. The Morgan fingerprint density at radius 3 is 2.70 bits per heavy atom. The minimum atomic E-state index is -4.59. The molecule has 1 rings (SSSR count). The molecule has 0 saturated heterocycles. The van der Waals surface area contributed by atoms with Gasteiger partial charge >= 0.3 is 12.3 Å². The summed E-state index contributed by atoms with van der Waals surface area (Å²) in [6.45, 7) is 1.76. The fraction of sp³-hybridized carbons (Fsp3) is 0.300. The molecule has 0 aliphatic heterocycles. The number of carbonyl (C=O) groups excluding carboxylic acids is 1. The van der Waals surface area contributed by atoms with Gasteiger partial charge in [-0.2, -0.15) is 13.2 Å². The number of nitrogens with one attached hydrogen (secondary N) is 2. The molecule has 5 nitrogen and oxygen atoms in total. The number of pyridine rings is 1. The van der Waals surface area contributed by atoms with Crippen LogP contribution in [0.15, 0.2) is 12.3 Å². The number of carbonyl (C=O) groups is 1. The van der Waals surface area contributed by atoms with E-state index in [2.05, 4.69) is 20.4 Å². The van der Waals surface area contributed by atoms with Crippen molar-refractivity contribution < 1.29 is 22.7 Å². The molecule has 0 radical (unpaired) electrons. The highest BCUT2D eigenvalue weighted by atomic mass is 35.5. The highest BCUT2D eigenvalue weighted by Gasteiger charge is 2.33. The van der Waals surface area contributed by atoms with E-state index in [0.29, 0.717) is 6.20 Å². The summed E-state index contributed by atoms with van der Waals surface area (Å²) in [5, 5.41) is 3.85. The molecule has 10 heteroatoms. The normalized spacial score (nSPS) is 10.8. The fourth-order valence-electron chi connectivity index (χ4n) is 1.12. The standard InChI is InChI=1S/C10H9ClF3N3O2S/c1-2-19-9(18)17-8(20)16-7-3-6(11)5(4-15-7)10(12,13)14/h3-4H,2H2,1H3,(H2,15,16,17,18,20). The third-order valence-corrected chi connectivity index (χ3v) is 2.41. The number of aromatic nitrogens is 1. The molecule has 20 heavy (non-hydrogen) atoms. The van der Waals surface area contributed by atoms with E-state index in [0.717, 1.165) is 6.07 Å². The molecule has 0 fully saturated rings. The van der Waals surface area contributed by atoms with Gasteiger partial charge in [0.25, 0.3) is 0 Å². The van der Waals surface area contributed by atoms with Crippen LogP contribution in [-0.2, 0) is 10.9 Å². The van der Waals surface area contributed by atoms with Crippen molar-refractivity contribution in [2.75, 3.05) is 11.9 Å². The first-order valence-corrected chi connectivity index (χ1v) is 6.00. The van der Waals surface area contributed by atoms with Gasteiger partial charge in [0.15, 0.2) is 5.11 Å². The van der Waals surface area contributed by atoms with E-state index in [4.69, 9.17) is 23.8 Å². The SMILES string of the molecule is CCOC(=O)NC(=S)Nc1cc(Cl)c(C(F)(F)F)cn1. The highest BCUT2D eigenvalue weighted by Crippen LogP contribution is 2.34. The molecule has 110 valence electrons. The Kier molecular flexibility index (Phi) is 5.52. The molecule has 0 unspecified atom stereocenters. The van der Waals surface area contributed by atoms with Crippen molar-refractivity contribution in [3.05, 3.63) is 22.8 Å². The van der Waals surface area contributed by atoms with Crippen molar-refractivity contribution in [2.24, 2.45) is 0 Å². The minimum absolute atomic E-state index is 0.0372. The number of halogens is 4. The third kappa shape index (κ3) is 4.82. The lowest BCUT2D eigenvalue weighted by molar-refractivity contribution is -0.137. The van der Waals surface area contributed by atoms with E-state index < -0.39 is 22.9 Å². The molecular weight excluding hydrogens is 319 g/mol. The van der Waals surface area contributed by atoms with Gasteiger partial charge in [0.2, 0.25) is 0 Å². The number of rotatable bonds is 2. The van der Waals surface area contributed by atoms with Crippen LogP contribution in [0.5, 0.6) is 0 Å². The molecular formula is C10H9ClF3N3O2S. The molecule has 0 atom stereocenters. The van der Waals surface area contributed by atoms with Crippen LogP contribution in [0, 0.1) is 0 Å². The van der Waals surface area contributed by atoms with Crippen LogP contribution in [0.25, 0.3) is 0 Å². The maximum absolute atomic E-state index is 12.5. The first kappa shape index (κ1) is 16.4. The van der Waals surface area contributed by atoms with E-state index in [1.165, 1.54) is 0 Å².